The number of nitrogens with zero attached hydrogens (tertiary/aromatic N) is 7. The van der Waals surface area contributed by atoms with Gasteiger partial charge in [0.15, 0.2) is 0 Å². The zero-order valence-corrected chi connectivity index (χ0v) is 27.4. The molecule has 7 aromatic carbocycles. The standard InChI is InChI=1S/C38H21N7S3/c1-2-7-22(8-3-1)27-17-19-32(37-34(27)40-47-43-37)45(31-12-6-11-30-36(31)42-46-39-30)33-20-18-28(35-38(33)44-48-41-35)25-16-15-24-14-13-23-9-4-5-10-26(23)29(24)21-25/h1-21H. The molecule has 0 unspecified atom stereocenters. The van der Waals surface area contributed by atoms with Gasteiger partial charge in [-0.15, -0.1) is 0 Å². The lowest BCUT2D eigenvalue weighted by Gasteiger charge is -2.26. The molecule has 0 amide bonds. The number of aromatic nitrogens is 6. The molecular formula is C38H21N7S3. The Morgan fingerprint density at radius 2 is 0.958 bits per heavy atom. The summed E-state index contributed by atoms with van der Waals surface area (Å²) in [6, 6.07) is 44.5. The first-order chi connectivity index (χ1) is 23.8. The van der Waals surface area contributed by atoms with Gasteiger partial charge in [0.25, 0.3) is 0 Å². The maximum Gasteiger partial charge on any atom is 0.129 e. The Kier molecular flexibility index (Phi) is 6.26. The van der Waals surface area contributed by atoms with Crippen molar-refractivity contribution in [2.75, 3.05) is 4.90 Å². The fraction of sp³-hybridized carbons (Fsp3) is 0. The third kappa shape index (κ3) is 4.24. The number of hydrogen-bond acceptors (Lipinski definition) is 10. The summed E-state index contributed by atoms with van der Waals surface area (Å²) in [6.07, 6.45) is 0. The number of fused-ring (bicyclic) bond motifs is 6. The number of hydrogen-bond donors (Lipinski definition) is 0. The highest BCUT2D eigenvalue weighted by Crippen LogP contribution is 2.46. The van der Waals surface area contributed by atoms with E-state index in [-0.39, 0.29) is 0 Å². The molecule has 10 heteroatoms. The van der Waals surface area contributed by atoms with Gasteiger partial charge in [0.2, 0.25) is 0 Å². The third-order valence-electron chi connectivity index (χ3n) is 8.92. The van der Waals surface area contributed by atoms with Gasteiger partial charge in [-0.25, -0.2) is 0 Å². The van der Waals surface area contributed by atoms with E-state index in [9.17, 15) is 0 Å². The second-order valence-corrected chi connectivity index (χ2v) is 13.1. The molecule has 0 aliphatic heterocycles. The molecule has 0 aliphatic carbocycles. The normalized spacial score (nSPS) is 11.8. The zero-order valence-electron chi connectivity index (χ0n) is 25.0. The maximum absolute atomic E-state index is 4.91. The van der Waals surface area contributed by atoms with Gasteiger partial charge in [-0.3, -0.25) is 0 Å². The molecule has 48 heavy (non-hydrogen) atoms. The van der Waals surface area contributed by atoms with Crippen molar-refractivity contribution in [3.8, 4) is 22.3 Å². The average Bonchev–Trinajstić information content (AvgIpc) is 3.94. The topological polar surface area (TPSA) is 80.6 Å². The molecule has 0 atom stereocenters. The van der Waals surface area contributed by atoms with Crippen molar-refractivity contribution in [3.63, 3.8) is 0 Å². The molecule has 3 heterocycles. The van der Waals surface area contributed by atoms with Crippen LogP contribution in [0.15, 0.2) is 127 Å². The molecule has 3 aromatic heterocycles. The summed E-state index contributed by atoms with van der Waals surface area (Å²) in [5.74, 6) is 0. The van der Waals surface area contributed by atoms with Crippen LogP contribution in [0.3, 0.4) is 0 Å². The Labute approximate surface area is 286 Å². The Bertz CT molecular complexity index is 2820. The first-order valence-corrected chi connectivity index (χ1v) is 17.5. The van der Waals surface area contributed by atoms with Crippen molar-refractivity contribution in [1.29, 1.82) is 0 Å². The largest absolute Gasteiger partial charge is 0.304 e. The fourth-order valence-electron chi connectivity index (χ4n) is 6.68. The molecule has 10 rings (SSSR count). The van der Waals surface area contributed by atoms with E-state index in [1.807, 2.05) is 30.3 Å². The fourth-order valence-corrected chi connectivity index (χ4v) is 8.37. The van der Waals surface area contributed by atoms with Crippen molar-refractivity contribution in [3.05, 3.63) is 127 Å². The highest BCUT2D eigenvalue weighted by atomic mass is 32.1. The molecule has 226 valence electrons. The minimum atomic E-state index is 0.805. The molecule has 0 spiro atoms. The van der Waals surface area contributed by atoms with Crippen LogP contribution in [0.5, 0.6) is 0 Å². The molecule has 0 bridgehead atoms. The zero-order chi connectivity index (χ0) is 31.6. The van der Waals surface area contributed by atoms with Gasteiger partial charge in [0, 0.05) is 11.1 Å². The lowest BCUT2D eigenvalue weighted by molar-refractivity contribution is 1.31. The Hall–Kier alpha value is -5.68. The van der Waals surface area contributed by atoms with Crippen molar-refractivity contribution in [1.82, 2.24) is 26.2 Å². The molecule has 0 saturated carbocycles. The summed E-state index contributed by atoms with van der Waals surface area (Å²) in [7, 11) is 0. The number of benzene rings is 7. The molecule has 0 aliphatic rings. The first-order valence-electron chi connectivity index (χ1n) is 15.3. The first kappa shape index (κ1) is 27.4. The Morgan fingerprint density at radius 3 is 1.73 bits per heavy atom. The maximum atomic E-state index is 4.91. The van der Waals surface area contributed by atoms with Crippen LogP contribution in [0.1, 0.15) is 0 Å². The summed E-state index contributed by atoms with van der Waals surface area (Å²) < 4.78 is 28.7. The van der Waals surface area contributed by atoms with Crippen molar-refractivity contribution in [2.45, 2.75) is 0 Å². The minimum absolute atomic E-state index is 0.805. The number of anilines is 3. The van der Waals surface area contributed by atoms with Crippen molar-refractivity contribution >= 4 is 107 Å². The van der Waals surface area contributed by atoms with Crippen LogP contribution < -0.4 is 4.90 Å². The average molecular weight is 672 g/mol. The van der Waals surface area contributed by atoms with E-state index in [0.29, 0.717) is 0 Å². The lowest BCUT2D eigenvalue weighted by atomic mass is 9.96. The van der Waals surface area contributed by atoms with E-state index >= 15 is 0 Å². The van der Waals surface area contributed by atoms with Crippen LogP contribution in [0.25, 0.3) is 76.9 Å². The van der Waals surface area contributed by atoms with Gasteiger partial charge in [-0.1, -0.05) is 84.9 Å². The quantitative estimate of drug-likeness (QED) is 0.168. The highest BCUT2D eigenvalue weighted by Gasteiger charge is 2.26. The van der Waals surface area contributed by atoms with E-state index in [0.717, 1.165) is 72.4 Å². The van der Waals surface area contributed by atoms with Crippen molar-refractivity contribution < 1.29 is 0 Å². The molecule has 0 N–H and O–H groups in total. The van der Waals surface area contributed by atoms with E-state index in [4.69, 9.17) is 21.9 Å². The molecule has 10 aromatic rings. The monoisotopic (exact) mass is 671 g/mol. The van der Waals surface area contributed by atoms with Crippen LogP contribution in [0.2, 0.25) is 0 Å². The SMILES string of the molecule is c1ccc(-c2ccc(N(c3cccc4nsnc34)c3ccc(-c4ccc5ccc6ccccc6c5c4)c4nsnc34)c3nsnc23)cc1. The molecule has 0 radical (unpaired) electrons. The summed E-state index contributed by atoms with van der Waals surface area (Å²) in [5.41, 5.74) is 11.9. The van der Waals surface area contributed by atoms with E-state index < -0.39 is 0 Å². The van der Waals surface area contributed by atoms with Crippen molar-refractivity contribution in [2.24, 2.45) is 0 Å². The summed E-state index contributed by atoms with van der Waals surface area (Å²) in [4.78, 5) is 2.20. The van der Waals surface area contributed by atoms with E-state index in [1.165, 1.54) is 56.7 Å². The van der Waals surface area contributed by atoms with E-state index in [2.05, 4.69) is 106 Å². The second kappa shape index (κ2) is 11.0. The third-order valence-corrected chi connectivity index (χ3v) is 10.5. The highest BCUT2D eigenvalue weighted by molar-refractivity contribution is 7.00. The predicted octanol–water partition coefficient (Wildman–Crippen LogP) is 10.8. The summed E-state index contributed by atoms with van der Waals surface area (Å²) >= 11 is 3.65. The summed E-state index contributed by atoms with van der Waals surface area (Å²) in [6.45, 7) is 0. The minimum Gasteiger partial charge on any atom is -0.304 e. The second-order valence-electron chi connectivity index (χ2n) is 11.5. The predicted molar refractivity (Wildman–Crippen MR) is 200 cm³/mol. The van der Waals surface area contributed by atoms with Crippen LogP contribution >= 0.6 is 35.2 Å². The molecule has 0 fully saturated rings. The smallest absolute Gasteiger partial charge is 0.129 e. The van der Waals surface area contributed by atoms with E-state index in [1.54, 1.807) is 0 Å². The Balaban J connectivity index is 1.21. The van der Waals surface area contributed by atoms with Gasteiger partial charge < -0.3 is 4.90 Å². The summed E-state index contributed by atoms with van der Waals surface area (Å²) in [5, 5.41) is 4.88. The van der Waals surface area contributed by atoms with Gasteiger partial charge in [0.05, 0.1) is 52.2 Å². The van der Waals surface area contributed by atoms with Crippen LogP contribution in [-0.2, 0) is 0 Å². The van der Waals surface area contributed by atoms with Crippen LogP contribution in [0.4, 0.5) is 17.1 Å². The number of rotatable bonds is 5. The van der Waals surface area contributed by atoms with Gasteiger partial charge in [-0.2, -0.15) is 26.2 Å². The molecule has 0 saturated heterocycles. The molecule has 7 nitrogen and oxygen atoms in total. The van der Waals surface area contributed by atoms with Gasteiger partial charge >= 0.3 is 0 Å². The van der Waals surface area contributed by atoms with Gasteiger partial charge in [0.1, 0.15) is 33.1 Å². The molecular weight excluding hydrogens is 651 g/mol. The van der Waals surface area contributed by atoms with Crippen LogP contribution in [-0.4, -0.2) is 26.2 Å². The van der Waals surface area contributed by atoms with Gasteiger partial charge in [-0.05, 0) is 75.1 Å². The Morgan fingerprint density at radius 1 is 0.375 bits per heavy atom. The van der Waals surface area contributed by atoms with Crippen LogP contribution in [0, 0.1) is 0 Å². The lowest BCUT2D eigenvalue weighted by Crippen LogP contribution is -2.12.